The van der Waals surface area contributed by atoms with Gasteiger partial charge in [0.25, 0.3) is 0 Å². The van der Waals surface area contributed by atoms with E-state index in [-0.39, 0.29) is 0 Å². The van der Waals surface area contributed by atoms with E-state index in [1.54, 1.807) is 22.7 Å². The number of benzene rings is 1. The van der Waals surface area contributed by atoms with Crippen molar-refractivity contribution < 1.29 is 4.57 Å². The lowest BCUT2D eigenvalue weighted by molar-refractivity contribution is 0.593. The zero-order valence-corrected chi connectivity index (χ0v) is 20.1. The Morgan fingerprint density at radius 3 is 2.00 bits per heavy atom. The molecule has 29 heavy (non-hydrogen) atoms. The van der Waals surface area contributed by atoms with E-state index in [9.17, 15) is 0 Å². The summed E-state index contributed by atoms with van der Waals surface area (Å²) < 4.78 is 15.1. The number of hydrogen-bond donors (Lipinski definition) is 0. The van der Waals surface area contributed by atoms with Crippen molar-refractivity contribution in [1.82, 2.24) is 0 Å². The van der Waals surface area contributed by atoms with Crippen molar-refractivity contribution in [2.45, 2.75) is 27.7 Å². The lowest BCUT2D eigenvalue weighted by Crippen LogP contribution is -2.13. The molecule has 4 aromatic rings. The van der Waals surface area contributed by atoms with Gasteiger partial charge in [-0.05, 0) is 56.8 Å². The summed E-state index contributed by atoms with van der Waals surface area (Å²) in [4.78, 5) is 6.27. The van der Waals surface area contributed by atoms with Crippen LogP contribution >= 0.6 is 41.2 Å². The highest BCUT2D eigenvalue weighted by molar-refractivity contribution is 7.89. The van der Waals surface area contributed by atoms with Gasteiger partial charge in [0.15, 0.2) is 7.14 Å². The van der Waals surface area contributed by atoms with Crippen LogP contribution in [-0.2, 0) is 4.57 Å². The molecule has 1 atom stereocenters. The third-order valence-corrected chi connectivity index (χ3v) is 11.7. The Bertz CT molecular complexity index is 1320. The Balaban J connectivity index is 1.95. The molecular weight excluding hydrogens is 431 g/mol. The minimum atomic E-state index is -2.94. The van der Waals surface area contributed by atoms with E-state index in [1.165, 1.54) is 35.5 Å². The van der Waals surface area contributed by atoms with Gasteiger partial charge >= 0.3 is 0 Å². The van der Waals surface area contributed by atoms with Crippen LogP contribution in [-0.4, -0.2) is 0 Å². The molecule has 0 amide bonds. The fraction of sp³-hybridized carbons (Fsp3) is 0.167. The van der Waals surface area contributed by atoms with Crippen LogP contribution in [0.5, 0.6) is 0 Å². The molecule has 4 heterocycles. The molecule has 0 radical (unpaired) electrons. The van der Waals surface area contributed by atoms with E-state index in [2.05, 4.69) is 51.3 Å². The molecule has 0 saturated heterocycles. The maximum atomic E-state index is 15.1. The van der Waals surface area contributed by atoms with Crippen LogP contribution in [0.3, 0.4) is 0 Å². The zero-order chi connectivity index (χ0) is 20.3. The molecule has 1 aliphatic heterocycles. The molecule has 1 aromatic carbocycles. The van der Waals surface area contributed by atoms with E-state index >= 15 is 4.57 Å². The van der Waals surface area contributed by atoms with E-state index < -0.39 is 7.14 Å². The van der Waals surface area contributed by atoms with Crippen molar-refractivity contribution in [3.63, 3.8) is 0 Å². The molecule has 3 aromatic heterocycles. The first-order valence-corrected chi connectivity index (χ1v) is 13.8. The summed E-state index contributed by atoms with van der Waals surface area (Å²) in [6.45, 7) is 8.63. The van der Waals surface area contributed by atoms with Crippen LogP contribution in [0.2, 0.25) is 0 Å². The average Bonchev–Trinajstić information content (AvgIpc) is 3.42. The number of aryl methyl sites for hydroxylation is 4. The van der Waals surface area contributed by atoms with Crippen molar-refractivity contribution >= 4 is 62.6 Å². The number of fused-ring (bicyclic) bond motifs is 1. The maximum Gasteiger partial charge on any atom is 0.173 e. The average molecular weight is 453 g/mol. The first-order chi connectivity index (χ1) is 13.9. The molecule has 0 fully saturated rings. The quantitative estimate of drug-likeness (QED) is 0.297. The highest BCUT2D eigenvalue weighted by Crippen LogP contribution is 2.67. The molecule has 5 heteroatoms. The van der Waals surface area contributed by atoms with Gasteiger partial charge in [-0.25, -0.2) is 0 Å². The van der Waals surface area contributed by atoms with Gasteiger partial charge in [0.05, 0.1) is 0 Å². The van der Waals surface area contributed by atoms with Crippen molar-refractivity contribution in [1.29, 1.82) is 0 Å². The Morgan fingerprint density at radius 2 is 1.41 bits per heavy atom. The van der Waals surface area contributed by atoms with Gasteiger partial charge in [-0.1, -0.05) is 30.3 Å². The monoisotopic (exact) mass is 452 g/mol. The second-order valence-corrected chi connectivity index (χ2v) is 14.0. The Hall–Kier alpha value is -1.71. The lowest BCUT2D eigenvalue weighted by Gasteiger charge is -2.19. The fourth-order valence-corrected chi connectivity index (χ4v) is 11.0. The molecule has 0 bridgehead atoms. The van der Waals surface area contributed by atoms with Crippen molar-refractivity contribution in [2.24, 2.45) is 0 Å². The molecule has 0 spiro atoms. The summed E-state index contributed by atoms with van der Waals surface area (Å²) in [5.41, 5.74) is 3.58. The molecule has 146 valence electrons. The summed E-state index contributed by atoms with van der Waals surface area (Å²) in [6.07, 6.45) is 0. The van der Waals surface area contributed by atoms with Crippen LogP contribution in [0.1, 0.15) is 35.5 Å². The van der Waals surface area contributed by atoms with Crippen LogP contribution in [0.4, 0.5) is 0 Å². The number of thiophene rings is 3. The molecule has 5 rings (SSSR count). The summed E-state index contributed by atoms with van der Waals surface area (Å²) in [5, 5.41) is 5.06. The van der Waals surface area contributed by atoms with Crippen LogP contribution in [0.15, 0.2) is 53.9 Å². The van der Waals surface area contributed by atoms with Gasteiger partial charge in [-0.15, -0.1) is 34.0 Å². The second kappa shape index (κ2) is 6.92. The third-order valence-electron chi connectivity index (χ3n) is 5.49. The highest BCUT2D eigenvalue weighted by Gasteiger charge is 2.45. The smallest absolute Gasteiger partial charge is 0.173 e. The first kappa shape index (κ1) is 19.3. The molecule has 1 aliphatic rings. The number of rotatable bonds is 3. The third kappa shape index (κ3) is 2.81. The Morgan fingerprint density at radius 1 is 0.793 bits per heavy atom. The summed E-state index contributed by atoms with van der Waals surface area (Å²) in [5.74, 6) is 0. The standard InChI is InChI=1S/C24H21OPS3/c1-14-12-19(16(3)28-14)22-23(20-13-15(2)29-17(20)4)26(25,18-8-6-5-7-9-18)21-10-11-27-24(21)22/h5-13H,1-4H3. The van der Waals surface area contributed by atoms with Gasteiger partial charge in [0, 0.05) is 51.4 Å². The molecule has 1 unspecified atom stereocenters. The van der Waals surface area contributed by atoms with Gasteiger partial charge in [-0.2, -0.15) is 0 Å². The minimum Gasteiger partial charge on any atom is -0.309 e. The van der Waals surface area contributed by atoms with E-state index in [0.717, 1.165) is 21.5 Å². The largest absolute Gasteiger partial charge is 0.309 e. The fourth-order valence-electron chi connectivity index (χ4n) is 4.33. The van der Waals surface area contributed by atoms with Gasteiger partial charge in [0.1, 0.15) is 0 Å². The lowest BCUT2D eigenvalue weighted by atomic mass is 10.0. The molecular formula is C24H21OPS3. The normalized spacial score (nSPS) is 18.5. The second-order valence-electron chi connectivity index (χ2n) is 7.46. The van der Waals surface area contributed by atoms with Gasteiger partial charge in [-0.3, -0.25) is 0 Å². The van der Waals surface area contributed by atoms with E-state index in [0.29, 0.717) is 0 Å². The summed E-state index contributed by atoms with van der Waals surface area (Å²) >= 11 is 5.33. The van der Waals surface area contributed by atoms with Crippen LogP contribution in [0, 0.1) is 27.7 Å². The maximum absolute atomic E-state index is 15.1. The molecule has 1 nitrogen and oxygen atoms in total. The predicted octanol–water partition coefficient (Wildman–Crippen LogP) is 7.35. The summed E-state index contributed by atoms with van der Waals surface area (Å²) in [7, 11) is -2.94. The van der Waals surface area contributed by atoms with Crippen molar-refractivity contribution in [2.75, 3.05) is 0 Å². The topological polar surface area (TPSA) is 17.1 Å². The predicted molar refractivity (Wildman–Crippen MR) is 131 cm³/mol. The highest BCUT2D eigenvalue weighted by atomic mass is 32.1. The van der Waals surface area contributed by atoms with Crippen LogP contribution < -0.4 is 10.6 Å². The summed E-state index contributed by atoms with van der Waals surface area (Å²) in [6, 6.07) is 16.7. The molecule has 0 aliphatic carbocycles. The number of hydrogen-bond acceptors (Lipinski definition) is 4. The minimum absolute atomic E-state index is 0.928. The van der Waals surface area contributed by atoms with E-state index in [1.807, 2.05) is 41.7 Å². The zero-order valence-electron chi connectivity index (χ0n) is 16.8. The molecule has 0 N–H and O–H groups in total. The van der Waals surface area contributed by atoms with Gasteiger partial charge in [0.2, 0.25) is 0 Å². The molecule has 0 saturated carbocycles. The van der Waals surface area contributed by atoms with Crippen molar-refractivity contribution in [3.05, 3.63) is 89.4 Å². The Kier molecular flexibility index (Phi) is 4.60. The van der Waals surface area contributed by atoms with Crippen LogP contribution in [0.25, 0.3) is 10.9 Å². The Labute approximate surface area is 183 Å². The van der Waals surface area contributed by atoms with Gasteiger partial charge < -0.3 is 4.57 Å². The van der Waals surface area contributed by atoms with Crippen molar-refractivity contribution in [3.8, 4) is 0 Å². The SMILES string of the molecule is Cc1cc(C2=C(c3cc(C)sc3C)P(=O)(c3ccccc3)c3ccsc32)c(C)s1. The first-order valence-electron chi connectivity index (χ1n) is 9.55. The van der Waals surface area contributed by atoms with E-state index in [4.69, 9.17) is 0 Å².